The summed E-state index contributed by atoms with van der Waals surface area (Å²) in [4.78, 5) is 4.34. The van der Waals surface area contributed by atoms with Crippen molar-refractivity contribution in [1.82, 2.24) is 10.3 Å². The first-order valence-electron chi connectivity index (χ1n) is 7.42. The van der Waals surface area contributed by atoms with Crippen LogP contribution in [0.25, 0.3) is 0 Å². The third-order valence-electron chi connectivity index (χ3n) is 4.81. The molecule has 0 bridgehead atoms. The summed E-state index contributed by atoms with van der Waals surface area (Å²) in [5.74, 6) is 0.899. The zero-order valence-corrected chi connectivity index (χ0v) is 11.4. The van der Waals surface area contributed by atoms with Crippen LogP contribution in [0.5, 0.6) is 0 Å². The second kappa shape index (κ2) is 5.00. The van der Waals surface area contributed by atoms with Crippen molar-refractivity contribution in [2.45, 2.75) is 56.9 Å². The Morgan fingerprint density at radius 1 is 1.28 bits per heavy atom. The monoisotopic (exact) mass is 244 g/mol. The van der Waals surface area contributed by atoms with E-state index in [9.17, 15) is 0 Å². The fourth-order valence-electron chi connectivity index (χ4n) is 3.19. The number of hydrogen-bond acceptors (Lipinski definition) is 2. The van der Waals surface area contributed by atoms with Crippen LogP contribution in [-0.4, -0.2) is 17.6 Å². The van der Waals surface area contributed by atoms with Gasteiger partial charge in [-0.1, -0.05) is 13.0 Å². The Kier molecular flexibility index (Phi) is 3.38. The number of hydrogen-bond donors (Lipinski definition) is 1. The number of nitrogens with zero attached hydrogens (tertiary/aromatic N) is 1. The molecule has 2 heteroatoms. The predicted molar refractivity (Wildman–Crippen MR) is 74.6 cm³/mol. The summed E-state index contributed by atoms with van der Waals surface area (Å²) in [6.07, 6.45) is 12.1. The first-order valence-corrected chi connectivity index (χ1v) is 7.42. The summed E-state index contributed by atoms with van der Waals surface area (Å²) >= 11 is 0. The molecule has 0 atom stereocenters. The van der Waals surface area contributed by atoms with Gasteiger partial charge in [-0.15, -0.1) is 0 Å². The zero-order chi connectivity index (χ0) is 12.4. The molecule has 0 radical (unpaired) electrons. The summed E-state index contributed by atoms with van der Waals surface area (Å²) in [5, 5.41) is 3.75. The SMILES string of the molecule is CC1CCC(CNC2CC2)(c2cccnc2)CC1. The van der Waals surface area contributed by atoms with E-state index in [1.807, 2.05) is 6.20 Å². The normalized spacial score (nSPS) is 32.4. The third kappa shape index (κ3) is 2.59. The topological polar surface area (TPSA) is 24.9 Å². The second-order valence-corrected chi connectivity index (χ2v) is 6.36. The van der Waals surface area contributed by atoms with Gasteiger partial charge in [-0.25, -0.2) is 0 Å². The van der Waals surface area contributed by atoms with Crippen molar-refractivity contribution in [3.8, 4) is 0 Å². The number of rotatable bonds is 4. The summed E-state index contributed by atoms with van der Waals surface area (Å²) < 4.78 is 0. The van der Waals surface area contributed by atoms with Crippen molar-refractivity contribution >= 4 is 0 Å². The molecule has 2 aliphatic rings. The molecule has 1 aromatic rings. The maximum atomic E-state index is 4.34. The summed E-state index contributed by atoms with van der Waals surface area (Å²) in [6.45, 7) is 3.54. The Bertz CT molecular complexity index is 375. The molecule has 0 aromatic carbocycles. The average Bonchev–Trinajstić information content (AvgIpc) is 3.24. The lowest BCUT2D eigenvalue weighted by Crippen LogP contribution is -2.41. The van der Waals surface area contributed by atoms with Gasteiger partial charge < -0.3 is 5.32 Å². The van der Waals surface area contributed by atoms with E-state index < -0.39 is 0 Å². The van der Waals surface area contributed by atoms with Gasteiger partial charge in [0.05, 0.1) is 0 Å². The van der Waals surface area contributed by atoms with Crippen molar-refractivity contribution in [2.75, 3.05) is 6.54 Å². The third-order valence-corrected chi connectivity index (χ3v) is 4.81. The fraction of sp³-hybridized carbons (Fsp3) is 0.688. The fourth-order valence-corrected chi connectivity index (χ4v) is 3.19. The maximum absolute atomic E-state index is 4.34. The Labute approximate surface area is 110 Å². The van der Waals surface area contributed by atoms with E-state index in [0.29, 0.717) is 5.41 Å². The molecule has 2 nitrogen and oxygen atoms in total. The first-order chi connectivity index (χ1) is 8.78. The van der Waals surface area contributed by atoms with Crippen LogP contribution in [0.2, 0.25) is 0 Å². The minimum Gasteiger partial charge on any atom is -0.313 e. The molecule has 0 aliphatic heterocycles. The highest BCUT2D eigenvalue weighted by Crippen LogP contribution is 2.41. The van der Waals surface area contributed by atoms with Crippen LogP contribution >= 0.6 is 0 Å². The Hall–Kier alpha value is -0.890. The van der Waals surface area contributed by atoms with Crippen molar-refractivity contribution in [3.63, 3.8) is 0 Å². The summed E-state index contributed by atoms with van der Waals surface area (Å²) in [5.41, 5.74) is 1.80. The van der Waals surface area contributed by atoms with Crippen LogP contribution in [0, 0.1) is 5.92 Å². The van der Waals surface area contributed by atoms with Crippen molar-refractivity contribution < 1.29 is 0 Å². The summed E-state index contributed by atoms with van der Waals surface area (Å²) in [7, 11) is 0. The number of nitrogens with one attached hydrogen (secondary N) is 1. The molecule has 0 amide bonds. The molecule has 0 saturated heterocycles. The average molecular weight is 244 g/mol. The summed E-state index contributed by atoms with van der Waals surface area (Å²) in [6, 6.07) is 5.17. The molecule has 1 heterocycles. The Morgan fingerprint density at radius 3 is 2.67 bits per heavy atom. The van der Waals surface area contributed by atoms with Crippen LogP contribution in [0.15, 0.2) is 24.5 Å². The highest BCUT2D eigenvalue weighted by Gasteiger charge is 2.37. The maximum Gasteiger partial charge on any atom is 0.0306 e. The van der Waals surface area contributed by atoms with E-state index in [4.69, 9.17) is 0 Å². The Morgan fingerprint density at radius 2 is 2.06 bits per heavy atom. The van der Waals surface area contributed by atoms with E-state index in [-0.39, 0.29) is 0 Å². The van der Waals surface area contributed by atoms with Crippen molar-refractivity contribution in [1.29, 1.82) is 0 Å². The molecule has 0 spiro atoms. The van der Waals surface area contributed by atoms with Gasteiger partial charge in [-0.3, -0.25) is 4.98 Å². The van der Waals surface area contributed by atoms with Gasteiger partial charge in [0.25, 0.3) is 0 Å². The van der Waals surface area contributed by atoms with E-state index in [1.54, 1.807) is 0 Å². The number of aromatic nitrogens is 1. The molecule has 2 saturated carbocycles. The molecule has 18 heavy (non-hydrogen) atoms. The van der Waals surface area contributed by atoms with Crippen LogP contribution in [0.3, 0.4) is 0 Å². The van der Waals surface area contributed by atoms with Gasteiger partial charge in [-0.05, 0) is 56.1 Å². The van der Waals surface area contributed by atoms with Crippen molar-refractivity contribution in [2.24, 2.45) is 5.92 Å². The second-order valence-electron chi connectivity index (χ2n) is 6.36. The van der Waals surface area contributed by atoms with Gasteiger partial charge >= 0.3 is 0 Å². The van der Waals surface area contributed by atoms with E-state index >= 15 is 0 Å². The molecule has 0 unspecified atom stereocenters. The van der Waals surface area contributed by atoms with Gasteiger partial charge in [0, 0.05) is 30.4 Å². The predicted octanol–water partition coefficient (Wildman–Crippen LogP) is 3.28. The standard InChI is InChI=1S/C16H24N2/c1-13-6-8-16(9-7-13,12-18-15-4-5-15)14-3-2-10-17-11-14/h2-3,10-11,13,15,18H,4-9,12H2,1H3. The lowest BCUT2D eigenvalue weighted by Gasteiger charge is -2.40. The van der Waals surface area contributed by atoms with Gasteiger partial charge in [0.1, 0.15) is 0 Å². The molecular formula is C16H24N2. The van der Waals surface area contributed by atoms with Gasteiger partial charge in [0.15, 0.2) is 0 Å². The van der Waals surface area contributed by atoms with Crippen molar-refractivity contribution in [3.05, 3.63) is 30.1 Å². The molecule has 98 valence electrons. The lowest BCUT2D eigenvalue weighted by molar-refractivity contribution is 0.232. The van der Waals surface area contributed by atoms with Crippen LogP contribution in [-0.2, 0) is 5.41 Å². The number of pyridine rings is 1. The minimum atomic E-state index is 0.351. The quantitative estimate of drug-likeness (QED) is 0.879. The molecular weight excluding hydrogens is 220 g/mol. The Balaban J connectivity index is 1.77. The highest BCUT2D eigenvalue weighted by atomic mass is 15.0. The molecule has 2 fully saturated rings. The van der Waals surface area contributed by atoms with Gasteiger partial charge in [0.2, 0.25) is 0 Å². The highest BCUT2D eigenvalue weighted by molar-refractivity contribution is 5.23. The lowest BCUT2D eigenvalue weighted by atomic mass is 9.67. The smallest absolute Gasteiger partial charge is 0.0306 e. The largest absolute Gasteiger partial charge is 0.313 e. The van der Waals surface area contributed by atoms with Crippen LogP contribution in [0.4, 0.5) is 0 Å². The van der Waals surface area contributed by atoms with E-state index in [1.165, 1.54) is 44.1 Å². The van der Waals surface area contributed by atoms with E-state index in [2.05, 4.69) is 35.6 Å². The molecule has 1 aromatic heterocycles. The first kappa shape index (κ1) is 12.2. The zero-order valence-electron chi connectivity index (χ0n) is 11.4. The molecule has 1 N–H and O–H groups in total. The molecule has 2 aliphatic carbocycles. The van der Waals surface area contributed by atoms with E-state index in [0.717, 1.165) is 18.5 Å². The minimum absolute atomic E-state index is 0.351. The van der Waals surface area contributed by atoms with Crippen LogP contribution in [0.1, 0.15) is 51.0 Å². The molecule has 3 rings (SSSR count). The van der Waals surface area contributed by atoms with Crippen LogP contribution < -0.4 is 5.32 Å². The van der Waals surface area contributed by atoms with Gasteiger partial charge in [-0.2, -0.15) is 0 Å².